The van der Waals surface area contributed by atoms with E-state index in [1.807, 2.05) is 97.4 Å². The van der Waals surface area contributed by atoms with Crippen molar-refractivity contribution in [1.82, 2.24) is 44.9 Å². The van der Waals surface area contributed by atoms with Gasteiger partial charge in [-0.15, -0.1) is 0 Å². The normalized spacial score (nSPS) is 15.4. The van der Waals surface area contributed by atoms with E-state index < -0.39 is 0 Å². The van der Waals surface area contributed by atoms with Crippen LogP contribution in [0.2, 0.25) is 0 Å². The topological polar surface area (TPSA) is 292 Å². The first-order valence-electron chi connectivity index (χ1n) is 27.1. The number of rotatable bonds is 17. The molecular formula is C57H73N15O7. The number of unbranched alkanes of at least 4 members (excludes halogenated alkanes) is 1. The molecule has 0 aromatic carbocycles. The van der Waals surface area contributed by atoms with Gasteiger partial charge in [-0.3, -0.25) is 29.3 Å². The molecule has 4 aliphatic rings. The molecule has 6 aromatic heterocycles. The molecule has 6 aromatic rings. The van der Waals surface area contributed by atoms with Crippen molar-refractivity contribution in [2.24, 2.45) is 5.92 Å². The molecule has 0 bridgehead atoms. The van der Waals surface area contributed by atoms with Gasteiger partial charge in [-0.1, -0.05) is 44.9 Å². The van der Waals surface area contributed by atoms with Gasteiger partial charge in [0.25, 0.3) is 0 Å². The predicted octanol–water partition coefficient (Wildman–Crippen LogP) is 6.23. The molecule has 0 amide bonds. The highest BCUT2D eigenvalue weighted by Crippen LogP contribution is 2.34. The molecule has 0 unspecified atom stereocenters. The molecule has 79 heavy (non-hydrogen) atoms. The summed E-state index contributed by atoms with van der Waals surface area (Å²) in [6, 6.07) is 12.7. The molecule has 418 valence electrons. The van der Waals surface area contributed by atoms with Crippen molar-refractivity contribution in [3.8, 4) is 18.0 Å². The van der Waals surface area contributed by atoms with E-state index in [-0.39, 0.29) is 67.3 Å². The molecule has 22 nitrogen and oxygen atoms in total. The maximum atomic E-state index is 12.2. The van der Waals surface area contributed by atoms with Gasteiger partial charge in [0.2, 0.25) is 0 Å². The molecule has 4 aliphatic heterocycles. The number of Topliss-reactive ketones (excluding diaryl/α,β-unsaturated/α-hetero) is 3. The van der Waals surface area contributed by atoms with Crippen LogP contribution in [0.15, 0.2) is 55.0 Å². The molecule has 10 rings (SSSR count). The molecule has 0 spiro atoms. The number of carbonyl (C=O) groups is 3. The highest BCUT2D eigenvalue weighted by molar-refractivity contribution is 5.92. The number of fused-ring (bicyclic) bond motifs is 3. The minimum absolute atomic E-state index is 0.0115. The summed E-state index contributed by atoms with van der Waals surface area (Å²) in [6.07, 6.45) is 12.1. The minimum atomic E-state index is 0.0115. The first-order chi connectivity index (χ1) is 38.1. The molecule has 0 radical (unpaired) electrons. The summed E-state index contributed by atoms with van der Waals surface area (Å²) < 4.78 is 22.7. The Morgan fingerprint density at radius 1 is 0.570 bits per heavy atom. The predicted molar refractivity (Wildman–Crippen MR) is 300 cm³/mol. The van der Waals surface area contributed by atoms with Crippen LogP contribution in [-0.4, -0.2) is 114 Å². The van der Waals surface area contributed by atoms with Gasteiger partial charge in [0.1, 0.15) is 34.9 Å². The lowest BCUT2D eigenvalue weighted by atomic mass is 10.0. The van der Waals surface area contributed by atoms with Crippen LogP contribution in [0, 0.1) is 26.7 Å². The van der Waals surface area contributed by atoms with Crippen molar-refractivity contribution in [2.75, 3.05) is 78.0 Å². The second-order valence-electron chi connectivity index (χ2n) is 20.5. The summed E-state index contributed by atoms with van der Waals surface area (Å²) in [7, 11) is 0. The molecular weight excluding hydrogens is 1010 g/mol. The number of nitrogens with two attached hydrogens (primary N) is 3. The monoisotopic (exact) mass is 1080 g/mol. The summed E-state index contributed by atoms with van der Waals surface area (Å²) in [4.78, 5) is 81.7. The fourth-order valence-electron chi connectivity index (χ4n) is 9.39. The largest absolute Gasteiger partial charge is 0.463 e. The quantitative estimate of drug-likeness (QED) is 0.0852. The molecule has 10 heterocycles. The number of aromatic nitrogens is 9. The highest BCUT2D eigenvalue weighted by Gasteiger charge is 2.31. The Hall–Kier alpha value is -8.14. The van der Waals surface area contributed by atoms with E-state index in [1.54, 1.807) is 0 Å². The Kier molecular flexibility index (Phi) is 19.5. The van der Waals surface area contributed by atoms with E-state index in [2.05, 4.69) is 58.7 Å². The van der Waals surface area contributed by atoms with Crippen LogP contribution in [0.1, 0.15) is 110 Å². The van der Waals surface area contributed by atoms with E-state index in [0.717, 1.165) is 85.5 Å². The highest BCUT2D eigenvalue weighted by atomic mass is 16.5. The molecule has 0 aliphatic carbocycles. The zero-order valence-corrected chi connectivity index (χ0v) is 46.2. The average molecular weight is 1080 g/mol. The SMILES string of the molecule is CCCCOc1nc(N)c2c(n1)N(Cc1ccc(C)nc1)CC(=O)C2.CCC[C@H](C)Oc1nc(N)c2c(n1)N(Cc1ccc(C)nc1)CC(=O)C2.Cc1ccc(CN2CC(=O)Cc3c(N)nc(OCC4CCOCC4)nc32)cn1. The molecule has 1 fully saturated rings. The van der Waals surface area contributed by atoms with Crippen LogP contribution in [0.5, 0.6) is 18.0 Å². The van der Waals surface area contributed by atoms with Crippen LogP contribution in [0.25, 0.3) is 0 Å². The Morgan fingerprint density at radius 2 is 0.975 bits per heavy atom. The summed E-state index contributed by atoms with van der Waals surface area (Å²) in [5, 5.41) is 0. The Morgan fingerprint density at radius 3 is 1.37 bits per heavy atom. The Balaban J connectivity index is 0.000000156. The fraction of sp³-hybridized carbons (Fsp3) is 0.474. The van der Waals surface area contributed by atoms with E-state index in [1.165, 1.54) is 0 Å². The molecule has 1 atom stereocenters. The lowest BCUT2D eigenvalue weighted by Crippen LogP contribution is -2.37. The molecule has 22 heteroatoms. The minimum Gasteiger partial charge on any atom is -0.463 e. The van der Waals surface area contributed by atoms with Gasteiger partial charge in [0.05, 0.1) is 39.0 Å². The lowest BCUT2D eigenvalue weighted by molar-refractivity contribution is -0.118. The third kappa shape index (κ3) is 15.8. The number of pyridine rings is 3. The number of hydrogen-bond acceptors (Lipinski definition) is 22. The lowest BCUT2D eigenvalue weighted by Gasteiger charge is -2.30. The van der Waals surface area contributed by atoms with Gasteiger partial charge in [-0.2, -0.15) is 29.9 Å². The number of nitrogens with zero attached hydrogens (tertiary/aromatic N) is 12. The summed E-state index contributed by atoms with van der Waals surface area (Å²) in [6.45, 7) is 17.1. The van der Waals surface area contributed by atoms with Crippen molar-refractivity contribution < 1.29 is 33.3 Å². The molecule has 0 saturated carbocycles. The number of aryl methyl sites for hydroxylation is 3. The third-order valence-corrected chi connectivity index (χ3v) is 13.7. The van der Waals surface area contributed by atoms with E-state index >= 15 is 0 Å². The maximum absolute atomic E-state index is 12.2. The van der Waals surface area contributed by atoms with Crippen molar-refractivity contribution >= 4 is 52.3 Å². The van der Waals surface area contributed by atoms with Gasteiger partial charge in [-0.25, -0.2) is 0 Å². The number of ether oxygens (including phenoxy) is 4. The third-order valence-electron chi connectivity index (χ3n) is 13.7. The van der Waals surface area contributed by atoms with Crippen LogP contribution < -0.4 is 46.1 Å². The van der Waals surface area contributed by atoms with Crippen LogP contribution in [-0.2, 0) is 58.0 Å². The second kappa shape index (κ2) is 27.0. The average Bonchev–Trinajstić information content (AvgIpc) is 3.51. The summed E-state index contributed by atoms with van der Waals surface area (Å²) >= 11 is 0. The first kappa shape index (κ1) is 57.0. The number of anilines is 6. The van der Waals surface area contributed by atoms with Gasteiger partial charge in [0.15, 0.2) is 17.3 Å². The zero-order chi connectivity index (χ0) is 56.0. The van der Waals surface area contributed by atoms with E-state index in [0.29, 0.717) is 103 Å². The maximum Gasteiger partial charge on any atom is 0.320 e. The second-order valence-corrected chi connectivity index (χ2v) is 20.5. The number of hydrogen-bond donors (Lipinski definition) is 3. The Bertz CT molecular complexity index is 3050. The van der Waals surface area contributed by atoms with Gasteiger partial charge >= 0.3 is 18.0 Å². The standard InChI is InChI=1S/C20H25N5O3.C19H25N5O2.C18H23N5O2/c1-13-2-3-15(9-22-13)10-25-11-16(26)8-17-18(21)23-20(24-19(17)25)28-12-14-4-6-27-7-5-14;1-4-5-13(3)26-19-22-17(20)16-8-15(25)11-24(18(16)23-19)10-14-7-6-12(2)21-9-14;1-3-4-7-25-18-21-16(19)15-8-14(24)11-23(17(15)22-18)10-13-6-5-12(2)20-9-13/h2-3,9,14H,4-8,10-12H2,1H3,(H2,21,23,24);6-7,9,13H,4-5,8,10-11H2,1-3H3,(H2,20,22,23);5-6,9H,3-4,7-8,10-11H2,1-2H3,(H2,19,21,22)/t;13-;/m.0./s1. The summed E-state index contributed by atoms with van der Waals surface area (Å²) in [5.74, 6) is 3.70. The number of ketones is 3. The van der Waals surface area contributed by atoms with E-state index in [9.17, 15) is 14.4 Å². The smallest absolute Gasteiger partial charge is 0.320 e. The van der Waals surface area contributed by atoms with Crippen molar-refractivity contribution in [1.29, 1.82) is 0 Å². The molecule has 6 N–H and O–H groups in total. The van der Waals surface area contributed by atoms with E-state index in [4.69, 9.17) is 36.1 Å². The van der Waals surface area contributed by atoms with Crippen LogP contribution >= 0.6 is 0 Å². The number of carbonyl (C=O) groups excluding carboxylic acids is 3. The van der Waals surface area contributed by atoms with Crippen LogP contribution in [0.4, 0.5) is 34.9 Å². The zero-order valence-electron chi connectivity index (χ0n) is 46.2. The van der Waals surface area contributed by atoms with Crippen molar-refractivity contribution in [3.63, 3.8) is 0 Å². The summed E-state index contributed by atoms with van der Waals surface area (Å²) in [5.41, 5.74) is 26.2. The van der Waals surface area contributed by atoms with Crippen LogP contribution in [0.3, 0.4) is 0 Å². The van der Waals surface area contributed by atoms with Gasteiger partial charge in [-0.05, 0) is 94.2 Å². The fourth-order valence-corrected chi connectivity index (χ4v) is 9.39. The molecule has 1 saturated heterocycles. The van der Waals surface area contributed by atoms with Gasteiger partial charge in [0, 0.05) is 104 Å². The van der Waals surface area contributed by atoms with Crippen molar-refractivity contribution in [3.05, 3.63) is 105 Å². The number of nitrogen functional groups attached to an aromatic ring is 3. The van der Waals surface area contributed by atoms with Crippen molar-refractivity contribution in [2.45, 2.75) is 125 Å². The van der Waals surface area contributed by atoms with Gasteiger partial charge < -0.3 is 50.8 Å². The first-order valence-corrected chi connectivity index (χ1v) is 27.1. The Labute approximate surface area is 461 Å².